The standard InChI is InChI=1S/C16H26N2O2.ClH/c1-4-16(19)14-6-8-15(9-7-14)20-13-5-10-17-11-12-18(2)3;/h6-9,17H,4-5,10-13H2,1-3H3;1H/p-1. The highest BCUT2D eigenvalue weighted by Gasteiger charge is 2.02. The first-order chi connectivity index (χ1) is 9.63. The Morgan fingerprint density at radius 3 is 2.43 bits per heavy atom. The summed E-state index contributed by atoms with van der Waals surface area (Å²) in [5.41, 5.74) is 0.755. The van der Waals surface area contributed by atoms with Crippen LogP contribution in [-0.2, 0) is 0 Å². The second-order valence-corrected chi connectivity index (χ2v) is 5.06. The average Bonchev–Trinajstić information content (AvgIpc) is 2.45. The Morgan fingerprint density at radius 2 is 1.86 bits per heavy atom. The molecule has 0 fully saturated rings. The van der Waals surface area contributed by atoms with E-state index in [1.807, 2.05) is 31.2 Å². The molecular weight excluding hydrogens is 288 g/mol. The van der Waals surface area contributed by atoms with Gasteiger partial charge < -0.3 is 27.4 Å². The number of benzene rings is 1. The molecule has 4 nitrogen and oxygen atoms in total. The minimum Gasteiger partial charge on any atom is -1.00 e. The van der Waals surface area contributed by atoms with Gasteiger partial charge >= 0.3 is 0 Å². The first-order valence-electron chi connectivity index (χ1n) is 7.25. The van der Waals surface area contributed by atoms with Gasteiger partial charge in [-0.15, -0.1) is 0 Å². The molecule has 0 aliphatic heterocycles. The van der Waals surface area contributed by atoms with Gasteiger partial charge in [-0.05, 0) is 51.3 Å². The molecule has 0 bridgehead atoms. The third kappa shape index (κ3) is 8.71. The van der Waals surface area contributed by atoms with E-state index in [-0.39, 0.29) is 18.2 Å². The molecule has 0 saturated carbocycles. The Bertz CT molecular complexity index is 394. The Hall–Kier alpha value is -1.10. The summed E-state index contributed by atoms with van der Waals surface area (Å²) in [6, 6.07) is 7.39. The lowest BCUT2D eigenvalue weighted by atomic mass is 10.1. The zero-order chi connectivity index (χ0) is 14.8. The first kappa shape index (κ1) is 19.9. The van der Waals surface area contributed by atoms with E-state index in [1.165, 1.54) is 0 Å². The predicted molar refractivity (Wildman–Crippen MR) is 82.6 cm³/mol. The molecule has 0 spiro atoms. The Kier molecular flexibility index (Phi) is 10.9. The highest BCUT2D eigenvalue weighted by atomic mass is 35.5. The van der Waals surface area contributed by atoms with Crippen LogP contribution in [0, 0.1) is 0 Å². The molecule has 1 N–H and O–H groups in total. The SMILES string of the molecule is CCC(=O)c1ccc(OCCCNCCN(C)C)cc1.[Cl-]. The summed E-state index contributed by atoms with van der Waals surface area (Å²) in [5.74, 6) is 0.993. The smallest absolute Gasteiger partial charge is 0.162 e. The molecule has 0 unspecified atom stereocenters. The number of ketones is 1. The van der Waals surface area contributed by atoms with Crippen LogP contribution in [0.1, 0.15) is 30.1 Å². The van der Waals surface area contributed by atoms with Crippen molar-refractivity contribution in [3.05, 3.63) is 29.8 Å². The van der Waals surface area contributed by atoms with Crippen molar-refractivity contribution in [2.45, 2.75) is 19.8 Å². The molecule has 0 heterocycles. The molecular formula is C16H26ClN2O2-. The molecule has 0 amide bonds. The molecule has 5 heteroatoms. The van der Waals surface area contributed by atoms with Crippen molar-refractivity contribution in [2.75, 3.05) is 40.3 Å². The van der Waals surface area contributed by atoms with Gasteiger partial charge in [0.25, 0.3) is 0 Å². The van der Waals surface area contributed by atoms with Crippen molar-refractivity contribution in [3.63, 3.8) is 0 Å². The van der Waals surface area contributed by atoms with Crippen molar-refractivity contribution >= 4 is 5.78 Å². The van der Waals surface area contributed by atoms with E-state index >= 15 is 0 Å². The van der Waals surface area contributed by atoms with Gasteiger partial charge in [0.05, 0.1) is 6.61 Å². The molecule has 1 aromatic rings. The molecule has 0 aliphatic rings. The fraction of sp³-hybridized carbons (Fsp3) is 0.562. The number of hydrogen-bond donors (Lipinski definition) is 1. The monoisotopic (exact) mass is 313 g/mol. The normalized spacial score (nSPS) is 10.3. The highest BCUT2D eigenvalue weighted by molar-refractivity contribution is 5.95. The molecule has 1 rings (SSSR count). The van der Waals surface area contributed by atoms with Crippen LogP contribution < -0.4 is 22.5 Å². The van der Waals surface area contributed by atoms with E-state index in [0.717, 1.165) is 37.4 Å². The van der Waals surface area contributed by atoms with E-state index < -0.39 is 0 Å². The summed E-state index contributed by atoms with van der Waals surface area (Å²) in [4.78, 5) is 13.6. The summed E-state index contributed by atoms with van der Waals surface area (Å²) in [5, 5.41) is 3.37. The highest BCUT2D eigenvalue weighted by Crippen LogP contribution is 2.13. The van der Waals surface area contributed by atoms with Crippen molar-refractivity contribution in [1.29, 1.82) is 0 Å². The van der Waals surface area contributed by atoms with Gasteiger partial charge in [0.2, 0.25) is 0 Å². The quantitative estimate of drug-likeness (QED) is 0.454. The molecule has 21 heavy (non-hydrogen) atoms. The topological polar surface area (TPSA) is 41.6 Å². The molecule has 0 radical (unpaired) electrons. The summed E-state index contributed by atoms with van der Waals surface area (Å²) in [6.07, 6.45) is 1.52. The Balaban J connectivity index is 0.00000400. The third-order valence-electron chi connectivity index (χ3n) is 3.00. The zero-order valence-electron chi connectivity index (χ0n) is 13.2. The lowest BCUT2D eigenvalue weighted by Gasteiger charge is -2.10. The van der Waals surface area contributed by atoms with Crippen LogP contribution in [0.4, 0.5) is 0 Å². The van der Waals surface area contributed by atoms with Crippen LogP contribution in [0.3, 0.4) is 0 Å². The maximum atomic E-state index is 11.5. The number of rotatable bonds is 10. The van der Waals surface area contributed by atoms with E-state index in [2.05, 4.69) is 24.3 Å². The number of Topliss-reactive ketones (excluding diaryl/α,β-unsaturated/α-hetero) is 1. The lowest BCUT2D eigenvalue weighted by Crippen LogP contribution is -3.00. The predicted octanol–water partition coefficient (Wildman–Crippen LogP) is -0.797. The second-order valence-electron chi connectivity index (χ2n) is 5.06. The van der Waals surface area contributed by atoms with Gasteiger partial charge in [0, 0.05) is 25.1 Å². The van der Waals surface area contributed by atoms with Gasteiger partial charge in [-0.2, -0.15) is 0 Å². The summed E-state index contributed by atoms with van der Waals surface area (Å²) >= 11 is 0. The summed E-state index contributed by atoms with van der Waals surface area (Å²) < 4.78 is 5.64. The molecule has 0 atom stereocenters. The van der Waals surface area contributed by atoms with E-state index in [0.29, 0.717) is 13.0 Å². The Morgan fingerprint density at radius 1 is 1.19 bits per heavy atom. The van der Waals surface area contributed by atoms with Gasteiger partial charge in [0.1, 0.15) is 5.75 Å². The van der Waals surface area contributed by atoms with E-state index in [4.69, 9.17) is 4.74 Å². The van der Waals surface area contributed by atoms with Crippen LogP contribution in [0.5, 0.6) is 5.75 Å². The van der Waals surface area contributed by atoms with Crippen molar-refractivity contribution < 1.29 is 21.9 Å². The first-order valence-corrected chi connectivity index (χ1v) is 7.25. The number of ether oxygens (including phenoxy) is 1. The van der Waals surface area contributed by atoms with Crippen LogP contribution in [0.15, 0.2) is 24.3 Å². The summed E-state index contributed by atoms with van der Waals surface area (Å²) in [7, 11) is 4.13. The van der Waals surface area contributed by atoms with Crippen molar-refractivity contribution in [1.82, 2.24) is 10.2 Å². The minimum absolute atomic E-state index is 0. The number of nitrogens with one attached hydrogen (secondary N) is 1. The largest absolute Gasteiger partial charge is 1.00 e. The van der Waals surface area contributed by atoms with Crippen LogP contribution in [-0.4, -0.2) is 51.0 Å². The van der Waals surface area contributed by atoms with Crippen molar-refractivity contribution in [2.24, 2.45) is 0 Å². The minimum atomic E-state index is 0. The molecule has 1 aromatic carbocycles. The fourth-order valence-electron chi connectivity index (χ4n) is 1.76. The maximum absolute atomic E-state index is 11.5. The number of likely N-dealkylation sites (N-methyl/N-ethyl adjacent to an activating group) is 1. The van der Waals surface area contributed by atoms with E-state index in [9.17, 15) is 4.79 Å². The third-order valence-corrected chi connectivity index (χ3v) is 3.00. The van der Waals surface area contributed by atoms with Crippen LogP contribution in [0.25, 0.3) is 0 Å². The van der Waals surface area contributed by atoms with Crippen molar-refractivity contribution in [3.8, 4) is 5.75 Å². The molecule has 0 saturated heterocycles. The molecule has 120 valence electrons. The second kappa shape index (κ2) is 11.5. The lowest BCUT2D eigenvalue weighted by molar-refractivity contribution is -0.0000127. The van der Waals surface area contributed by atoms with Gasteiger partial charge in [-0.25, -0.2) is 0 Å². The average molecular weight is 314 g/mol. The number of carbonyl (C=O) groups is 1. The molecule has 0 aromatic heterocycles. The van der Waals surface area contributed by atoms with Gasteiger partial charge in [-0.3, -0.25) is 4.79 Å². The van der Waals surface area contributed by atoms with Crippen LogP contribution in [0.2, 0.25) is 0 Å². The maximum Gasteiger partial charge on any atom is 0.162 e. The zero-order valence-corrected chi connectivity index (χ0v) is 13.9. The Labute approximate surface area is 134 Å². The number of hydrogen-bond acceptors (Lipinski definition) is 4. The summed E-state index contributed by atoms with van der Waals surface area (Å²) in [6.45, 7) is 5.57. The van der Waals surface area contributed by atoms with Crippen LogP contribution >= 0.6 is 0 Å². The number of halogens is 1. The number of carbonyl (C=O) groups excluding carboxylic acids is 1. The molecule has 0 aliphatic carbocycles. The number of nitrogens with zero attached hydrogens (tertiary/aromatic N) is 1. The fourth-order valence-corrected chi connectivity index (χ4v) is 1.76. The van der Waals surface area contributed by atoms with Gasteiger partial charge in [-0.1, -0.05) is 6.92 Å². The van der Waals surface area contributed by atoms with Gasteiger partial charge in [0.15, 0.2) is 5.78 Å². The van der Waals surface area contributed by atoms with E-state index in [1.54, 1.807) is 0 Å².